The first kappa shape index (κ1) is 14.3. The lowest BCUT2D eigenvalue weighted by Crippen LogP contribution is -2.38. The van der Waals surface area contributed by atoms with E-state index in [-0.39, 0.29) is 10.8 Å². The highest BCUT2D eigenvalue weighted by molar-refractivity contribution is 9.10. The van der Waals surface area contributed by atoms with E-state index < -0.39 is 0 Å². The molecule has 0 saturated heterocycles. The monoisotopic (exact) mass is 283 g/mol. The highest BCUT2D eigenvalue weighted by Gasteiger charge is 2.19. The fourth-order valence-electron chi connectivity index (χ4n) is 1.00. The molecule has 0 heterocycles. The Bertz CT molecular complexity index is 180. The van der Waals surface area contributed by atoms with Gasteiger partial charge in [-0.15, -0.1) is 0 Å². The number of esters is 1. The smallest absolute Gasteiger partial charge is 0.320 e. The maximum Gasteiger partial charge on any atom is 0.320 e. The van der Waals surface area contributed by atoms with Crippen molar-refractivity contribution in [2.24, 2.45) is 0 Å². The molecule has 2 unspecified atom stereocenters. The summed E-state index contributed by atoms with van der Waals surface area (Å²) in [6.45, 7) is 2.82. The Kier molecular flexibility index (Phi) is 7.68. The van der Waals surface area contributed by atoms with Gasteiger partial charge in [0.25, 0.3) is 0 Å². The highest BCUT2D eigenvalue weighted by atomic mass is 79.9. The predicted octanol–water partition coefficient (Wildman–Crippen LogP) is 1.61. The van der Waals surface area contributed by atoms with Crippen molar-refractivity contribution in [3.63, 3.8) is 0 Å². The second-order valence-corrected chi connectivity index (χ2v) is 5.25. The van der Waals surface area contributed by atoms with Crippen LogP contribution in [0.2, 0.25) is 0 Å². The van der Waals surface area contributed by atoms with Gasteiger partial charge in [-0.2, -0.15) is 11.8 Å². The molecule has 84 valence electrons. The third-order valence-electron chi connectivity index (χ3n) is 2.07. The van der Waals surface area contributed by atoms with Gasteiger partial charge < -0.3 is 9.64 Å². The maximum atomic E-state index is 11.1. The van der Waals surface area contributed by atoms with E-state index in [1.807, 2.05) is 7.05 Å². The normalized spacial score (nSPS) is 15.3. The fraction of sp³-hybridized carbons (Fsp3) is 0.889. The van der Waals surface area contributed by atoms with Gasteiger partial charge in [-0.05, 0) is 20.2 Å². The summed E-state index contributed by atoms with van der Waals surface area (Å²) in [6.07, 6.45) is 2.08. The van der Waals surface area contributed by atoms with Gasteiger partial charge in [0.05, 0.1) is 7.11 Å². The van der Waals surface area contributed by atoms with E-state index >= 15 is 0 Å². The van der Waals surface area contributed by atoms with Crippen LogP contribution in [0.1, 0.15) is 6.92 Å². The summed E-state index contributed by atoms with van der Waals surface area (Å²) in [4.78, 5) is 13.0. The van der Waals surface area contributed by atoms with Gasteiger partial charge in [0, 0.05) is 18.3 Å². The summed E-state index contributed by atoms with van der Waals surface area (Å²) in [7, 11) is 3.42. The maximum absolute atomic E-state index is 11.1. The van der Waals surface area contributed by atoms with Gasteiger partial charge in [0.1, 0.15) is 4.83 Å². The molecule has 2 atom stereocenters. The lowest BCUT2D eigenvalue weighted by Gasteiger charge is -2.25. The van der Waals surface area contributed by atoms with Crippen LogP contribution in [-0.4, -0.2) is 54.4 Å². The zero-order valence-corrected chi connectivity index (χ0v) is 11.5. The minimum Gasteiger partial charge on any atom is -0.468 e. The molecule has 0 aliphatic heterocycles. The second-order valence-electron chi connectivity index (χ2n) is 3.23. The first-order valence-corrected chi connectivity index (χ1v) is 6.75. The van der Waals surface area contributed by atoms with Crippen molar-refractivity contribution in [2.75, 3.05) is 32.7 Å². The van der Waals surface area contributed by atoms with Crippen molar-refractivity contribution >= 4 is 33.7 Å². The van der Waals surface area contributed by atoms with Gasteiger partial charge in [-0.25, -0.2) is 0 Å². The number of halogens is 1. The third kappa shape index (κ3) is 5.22. The number of thioether (sulfide) groups is 1. The highest BCUT2D eigenvalue weighted by Crippen LogP contribution is 2.09. The van der Waals surface area contributed by atoms with Gasteiger partial charge in [-0.3, -0.25) is 4.79 Å². The van der Waals surface area contributed by atoms with Crippen LogP contribution in [-0.2, 0) is 9.53 Å². The second kappa shape index (κ2) is 7.54. The summed E-state index contributed by atoms with van der Waals surface area (Å²) >= 11 is 5.11. The minimum atomic E-state index is -0.234. The number of carbonyl (C=O) groups is 1. The van der Waals surface area contributed by atoms with Gasteiger partial charge in [0.2, 0.25) is 0 Å². The minimum absolute atomic E-state index is 0.215. The Morgan fingerprint density at radius 2 is 2.21 bits per heavy atom. The first-order chi connectivity index (χ1) is 6.52. The third-order valence-corrected chi connectivity index (χ3v) is 3.54. The molecule has 0 amide bonds. The summed E-state index contributed by atoms with van der Waals surface area (Å²) < 4.78 is 4.63. The fourth-order valence-corrected chi connectivity index (χ4v) is 2.38. The van der Waals surface area contributed by atoms with Gasteiger partial charge in [0.15, 0.2) is 0 Å². The van der Waals surface area contributed by atoms with E-state index in [4.69, 9.17) is 0 Å². The summed E-state index contributed by atoms with van der Waals surface area (Å²) in [6, 6.07) is 0.467. The number of ether oxygens (including phenoxy) is 1. The van der Waals surface area contributed by atoms with Gasteiger partial charge >= 0.3 is 5.97 Å². The predicted molar refractivity (Wildman–Crippen MR) is 65.2 cm³/mol. The van der Waals surface area contributed by atoms with Crippen LogP contribution < -0.4 is 0 Å². The zero-order valence-electron chi connectivity index (χ0n) is 9.12. The van der Waals surface area contributed by atoms with Crippen LogP contribution in [0, 0.1) is 0 Å². The summed E-state index contributed by atoms with van der Waals surface area (Å²) in [5, 5.41) is 0. The molecule has 0 radical (unpaired) electrons. The van der Waals surface area contributed by atoms with Crippen molar-refractivity contribution in [3.8, 4) is 0 Å². The zero-order chi connectivity index (χ0) is 11.1. The molecule has 0 bridgehead atoms. The van der Waals surface area contributed by atoms with Crippen molar-refractivity contribution in [1.29, 1.82) is 0 Å². The average Bonchev–Trinajstić information content (AvgIpc) is 2.16. The number of hydrogen-bond donors (Lipinski definition) is 0. The van der Waals surface area contributed by atoms with E-state index in [0.29, 0.717) is 12.6 Å². The number of alkyl halides is 1. The van der Waals surface area contributed by atoms with Crippen LogP contribution in [0.3, 0.4) is 0 Å². The molecule has 0 aliphatic rings. The molecular weight excluding hydrogens is 266 g/mol. The number of hydrogen-bond acceptors (Lipinski definition) is 4. The lowest BCUT2D eigenvalue weighted by molar-refractivity contribution is -0.140. The molecule has 14 heavy (non-hydrogen) atoms. The molecule has 0 N–H and O–H groups in total. The van der Waals surface area contributed by atoms with Crippen molar-refractivity contribution in [1.82, 2.24) is 4.90 Å². The molecule has 0 aliphatic carbocycles. The summed E-state index contributed by atoms with van der Waals surface area (Å²) in [5.41, 5.74) is 0. The Labute approximate surface area is 98.7 Å². The van der Waals surface area contributed by atoms with Crippen LogP contribution in [0.15, 0.2) is 0 Å². The van der Waals surface area contributed by atoms with Crippen molar-refractivity contribution in [2.45, 2.75) is 17.8 Å². The van der Waals surface area contributed by atoms with Crippen LogP contribution in [0.5, 0.6) is 0 Å². The van der Waals surface area contributed by atoms with Crippen LogP contribution >= 0.6 is 27.7 Å². The molecular formula is C9H18BrNO2S. The number of rotatable bonds is 6. The molecule has 3 nitrogen and oxygen atoms in total. The molecule has 0 fully saturated rings. The molecule has 0 saturated carbocycles. The average molecular weight is 284 g/mol. The Hall–Kier alpha value is 0.260. The molecule has 0 aromatic carbocycles. The van der Waals surface area contributed by atoms with Crippen molar-refractivity contribution in [3.05, 3.63) is 0 Å². The quantitative estimate of drug-likeness (QED) is 0.547. The number of methoxy groups -OCH3 is 1. The van der Waals surface area contributed by atoms with Gasteiger partial charge in [-0.1, -0.05) is 15.9 Å². The molecule has 5 heteroatoms. The van der Waals surface area contributed by atoms with Crippen LogP contribution in [0.4, 0.5) is 0 Å². The van der Waals surface area contributed by atoms with Crippen LogP contribution in [0.25, 0.3) is 0 Å². The molecule has 0 spiro atoms. The van der Waals surface area contributed by atoms with E-state index in [2.05, 4.69) is 38.7 Å². The number of nitrogens with zero attached hydrogens (tertiary/aromatic N) is 1. The standard InChI is InChI=1S/C9H18BrNO2S/c1-7(6-14-4)11(2)5-8(10)9(12)13-3/h7-8H,5-6H2,1-4H3. The molecule has 0 aromatic heterocycles. The van der Waals surface area contributed by atoms with E-state index in [0.717, 1.165) is 5.75 Å². The Morgan fingerprint density at radius 1 is 1.64 bits per heavy atom. The van der Waals surface area contributed by atoms with E-state index in [1.54, 1.807) is 11.8 Å². The first-order valence-electron chi connectivity index (χ1n) is 4.44. The Balaban J connectivity index is 3.91. The SMILES string of the molecule is COC(=O)C(Br)CN(C)C(C)CSC. The largest absolute Gasteiger partial charge is 0.468 e. The molecule has 0 aromatic rings. The lowest BCUT2D eigenvalue weighted by atomic mass is 10.3. The Morgan fingerprint density at radius 3 is 2.64 bits per heavy atom. The van der Waals surface area contributed by atoms with E-state index in [9.17, 15) is 4.79 Å². The molecule has 0 rings (SSSR count). The van der Waals surface area contributed by atoms with E-state index in [1.165, 1.54) is 7.11 Å². The summed E-state index contributed by atoms with van der Waals surface area (Å²) in [5.74, 6) is 0.852. The number of carbonyl (C=O) groups excluding carboxylic acids is 1. The topological polar surface area (TPSA) is 29.5 Å². The van der Waals surface area contributed by atoms with Crippen molar-refractivity contribution < 1.29 is 9.53 Å².